The van der Waals surface area contributed by atoms with E-state index in [1.165, 1.54) is 5.56 Å². The summed E-state index contributed by atoms with van der Waals surface area (Å²) in [4.78, 5) is 8.96. The molecule has 6 heteroatoms. The number of nitrogens with one attached hydrogen (secondary N) is 1. The van der Waals surface area contributed by atoms with E-state index < -0.39 is 0 Å². The number of hydrazine groups is 1. The minimum Gasteiger partial charge on any atom is -0.328 e. The van der Waals surface area contributed by atoms with E-state index in [9.17, 15) is 0 Å². The molecule has 0 bridgehead atoms. The summed E-state index contributed by atoms with van der Waals surface area (Å²) in [6.07, 6.45) is 6.50. The zero-order valence-electron chi connectivity index (χ0n) is 15.2. The third kappa shape index (κ3) is 5.84. The van der Waals surface area contributed by atoms with Gasteiger partial charge in [0, 0.05) is 25.4 Å². The van der Waals surface area contributed by atoms with E-state index in [0.717, 1.165) is 34.3 Å². The average molecular weight is 368 g/mol. The van der Waals surface area contributed by atoms with Gasteiger partial charge in [0.25, 0.3) is 0 Å². The summed E-state index contributed by atoms with van der Waals surface area (Å²) in [6, 6.07) is 14.4. The lowest BCUT2D eigenvalue weighted by Gasteiger charge is -2.05. The van der Waals surface area contributed by atoms with Crippen LogP contribution in [0.1, 0.15) is 12.0 Å². The highest BCUT2D eigenvalue weighted by Gasteiger charge is 2.12. The van der Waals surface area contributed by atoms with Gasteiger partial charge in [-0.25, -0.2) is 9.97 Å². The Labute approximate surface area is 159 Å². The van der Waals surface area contributed by atoms with Crippen molar-refractivity contribution in [2.45, 2.75) is 23.4 Å². The molecule has 26 heavy (non-hydrogen) atoms. The molecule has 5 nitrogen and oxygen atoms in total. The number of pyridine rings is 1. The van der Waals surface area contributed by atoms with Gasteiger partial charge in [0.05, 0.1) is 6.33 Å². The highest BCUT2D eigenvalue weighted by Crippen LogP contribution is 2.33. The first kappa shape index (κ1) is 19.9. The second-order valence-corrected chi connectivity index (χ2v) is 6.69. The predicted molar refractivity (Wildman–Crippen MR) is 109 cm³/mol. The fourth-order valence-corrected chi connectivity index (χ4v) is 3.03. The van der Waals surface area contributed by atoms with Crippen LogP contribution in [-0.4, -0.2) is 21.1 Å². The van der Waals surface area contributed by atoms with E-state index in [2.05, 4.69) is 40.2 Å². The molecule has 0 amide bonds. The molecule has 136 valence electrons. The minimum atomic E-state index is 0.823. The Morgan fingerprint density at radius 1 is 1.19 bits per heavy atom. The zero-order valence-corrected chi connectivity index (χ0v) is 16.0. The molecule has 3 aromatic rings. The maximum Gasteiger partial charge on any atom is 0.109 e. The van der Waals surface area contributed by atoms with Gasteiger partial charge in [-0.05, 0) is 36.7 Å². The molecule has 0 saturated carbocycles. The van der Waals surface area contributed by atoms with Crippen LogP contribution in [0.25, 0.3) is 11.3 Å². The first-order valence-electron chi connectivity index (χ1n) is 8.37. The third-order valence-corrected chi connectivity index (χ3v) is 4.63. The number of benzene rings is 1. The lowest BCUT2D eigenvalue weighted by Crippen LogP contribution is -2.22. The Bertz CT molecular complexity index is 797. The van der Waals surface area contributed by atoms with Gasteiger partial charge in [-0.2, -0.15) is 0 Å². The fraction of sp³-hybridized carbons (Fsp3) is 0.200. The maximum atomic E-state index is 4.92. The van der Waals surface area contributed by atoms with Crippen molar-refractivity contribution in [2.24, 2.45) is 12.9 Å². The molecule has 0 unspecified atom stereocenters. The Morgan fingerprint density at radius 2 is 1.96 bits per heavy atom. The molecule has 2 aromatic heterocycles. The summed E-state index contributed by atoms with van der Waals surface area (Å²) in [5.41, 5.74) is 5.79. The number of imidazole rings is 1. The minimum absolute atomic E-state index is 0.823. The van der Waals surface area contributed by atoms with Gasteiger partial charge in [-0.1, -0.05) is 42.5 Å². The molecular weight excluding hydrogens is 342 g/mol. The van der Waals surface area contributed by atoms with Crippen LogP contribution in [0.2, 0.25) is 0 Å². The SMILES string of the molecule is C=CCCNN.Cc1ccc(Sc2c(-c3ccccc3)ncn2C)nc1. The fourth-order valence-electron chi connectivity index (χ4n) is 2.13. The van der Waals surface area contributed by atoms with E-state index in [4.69, 9.17) is 5.84 Å². The van der Waals surface area contributed by atoms with Crippen molar-refractivity contribution in [2.75, 3.05) is 6.54 Å². The van der Waals surface area contributed by atoms with Crippen LogP contribution in [0.4, 0.5) is 0 Å². The van der Waals surface area contributed by atoms with Crippen molar-refractivity contribution in [1.29, 1.82) is 0 Å². The van der Waals surface area contributed by atoms with Crippen molar-refractivity contribution < 1.29 is 0 Å². The van der Waals surface area contributed by atoms with Gasteiger partial charge in [0.2, 0.25) is 0 Å². The summed E-state index contributed by atoms with van der Waals surface area (Å²) in [5.74, 6) is 4.92. The second kappa shape index (κ2) is 10.6. The molecule has 0 atom stereocenters. The highest BCUT2D eigenvalue weighted by molar-refractivity contribution is 7.99. The molecule has 3 rings (SSSR count). The lowest BCUT2D eigenvalue weighted by molar-refractivity contribution is 0.740. The maximum absolute atomic E-state index is 4.92. The first-order valence-corrected chi connectivity index (χ1v) is 9.19. The van der Waals surface area contributed by atoms with E-state index in [-0.39, 0.29) is 0 Å². The highest BCUT2D eigenvalue weighted by atomic mass is 32.2. The predicted octanol–water partition coefficient (Wildman–Crippen LogP) is 3.97. The molecule has 0 radical (unpaired) electrons. The van der Waals surface area contributed by atoms with Crippen LogP contribution in [0.15, 0.2) is 77.7 Å². The van der Waals surface area contributed by atoms with Crippen LogP contribution >= 0.6 is 11.8 Å². The van der Waals surface area contributed by atoms with Crippen LogP contribution < -0.4 is 11.3 Å². The monoisotopic (exact) mass is 367 g/mol. The van der Waals surface area contributed by atoms with Gasteiger partial charge in [-0.15, -0.1) is 6.58 Å². The Morgan fingerprint density at radius 3 is 2.54 bits per heavy atom. The van der Waals surface area contributed by atoms with Crippen molar-refractivity contribution in [3.05, 3.63) is 73.2 Å². The van der Waals surface area contributed by atoms with E-state index in [1.54, 1.807) is 11.8 Å². The largest absolute Gasteiger partial charge is 0.328 e. The summed E-state index contributed by atoms with van der Waals surface area (Å²) in [6.45, 7) is 6.37. The quantitative estimate of drug-likeness (QED) is 0.299. The zero-order chi connectivity index (χ0) is 18.8. The summed E-state index contributed by atoms with van der Waals surface area (Å²) >= 11 is 1.64. The standard InChI is InChI=1S/C16H15N3S.C4H10N2/c1-12-8-9-14(17-10-12)20-16-15(18-11-19(16)2)13-6-4-3-5-7-13;1-2-3-4-6-5/h3-11H,1-2H3;2,6H,1,3-5H2. The van der Waals surface area contributed by atoms with Gasteiger partial charge < -0.3 is 4.57 Å². The Balaban J connectivity index is 0.000000352. The van der Waals surface area contributed by atoms with Crippen molar-refractivity contribution in [3.63, 3.8) is 0 Å². The molecule has 2 heterocycles. The molecule has 0 aliphatic heterocycles. The van der Waals surface area contributed by atoms with Gasteiger partial charge in [0.15, 0.2) is 0 Å². The molecule has 1 aromatic carbocycles. The Hall–Kier alpha value is -2.41. The van der Waals surface area contributed by atoms with Gasteiger partial charge in [0.1, 0.15) is 15.7 Å². The smallest absolute Gasteiger partial charge is 0.109 e. The molecule has 0 aliphatic rings. The third-order valence-electron chi connectivity index (χ3n) is 3.51. The van der Waals surface area contributed by atoms with Gasteiger partial charge in [-0.3, -0.25) is 11.3 Å². The number of nitrogens with two attached hydrogens (primary N) is 1. The molecule has 0 spiro atoms. The summed E-state index contributed by atoms with van der Waals surface area (Å²) in [5, 5.41) is 2.09. The number of nitrogens with zero attached hydrogens (tertiary/aromatic N) is 3. The molecule has 3 N–H and O–H groups in total. The van der Waals surface area contributed by atoms with Crippen LogP contribution in [0.3, 0.4) is 0 Å². The van der Waals surface area contributed by atoms with Gasteiger partial charge >= 0.3 is 0 Å². The second-order valence-electron chi connectivity index (χ2n) is 5.68. The van der Waals surface area contributed by atoms with E-state index in [0.29, 0.717) is 0 Å². The van der Waals surface area contributed by atoms with E-state index in [1.807, 2.05) is 61.4 Å². The molecule has 0 aliphatic carbocycles. The molecule has 0 saturated heterocycles. The number of hydrogen-bond acceptors (Lipinski definition) is 5. The number of aryl methyl sites for hydroxylation is 2. The number of aromatic nitrogens is 3. The van der Waals surface area contributed by atoms with E-state index >= 15 is 0 Å². The van der Waals surface area contributed by atoms with Crippen molar-refractivity contribution >= 4 is 11.8 Å². The lowest BCUT2D eigenvalue weighted by atomic mass is 10.2. The summed E-state index contributed by atoms with van der Waals surface area (Å²) < 4.78 is 2.04. The van der Waals surface area contributed by atoms with Crippen LogP contribution in [0, 0.1) is 6.92 Å². The topological polar surface area (TPSA) is 68.8 Å². The van der Waals surface area contributed by atoms with Crippen molar-refractivity contribution in [1.82, 2.24) is 20.0 Å². The molecule has 0 fully saturated rings. The molecular formula is C20H25N5S. The normalized spacial score (nSPS) is 10.1. The van der Waals surface area contributed by atoms with Crippen LogP contribution in [0.5, 0.6) is 0 Å². The number of hydrogen-bond donors (Lipinski definition) is 2. The van der Waals surface area contributed by atoms with Crippen molar-refractivity contribution in [3.8, 4) is 11.3 Å². The number of rotatable bonds is 6. The Kier molecular flexibility index (Phi) is 8.08. The summed E-state index contributed by atoms with van der Waals surface area (Å²) in [7, 11) is 2.01. The first-order chi connectivity index (χ1) is 12.7. The average Bonchev–Trinajstić information content (AvgIpc) is 3.03. The van der Waals surface area contributed by atoms with Crippen LogP contribution in [-0.2, 0) is 7.05 Å².